The van der Waals surface area contributed by atoms with E-state index in [1.807, 2.05) is 49.9 Å². The van der Waals surface area contributed by atoms with Crippen LogP contribution in [0.4, 0.5) is 0 Å². The number of piperazine rings is 1. The molecule has 1 aliphatic rings. The van der Waals surface area contributed by atoms with Crippen LogP contribution in [0.5, 0.6) is 0 Å². The second-order valence-electron chi connectivity index (χ2n) is 7.09. The Morgan fingerprint density at radius 3 is 2.04 bits per heavy atom. The summed E-state index contributed by atoms with van der Waals surface area (Å²) in [6.45, 7) is 8.01. The van der Waals surface area contributed by atoms with Gasteiger partial charge < -0.3 is 9.80 Å². The SMILES string of the molecule is Cc1ccc(C(=O)N2CCN(C(=O)c3ccc4nc(C)c(C)nc4c3)CC2)s1. The van der Waals surface area contributed by atoms with Crippen LogP contribution in [0.3, 0.4) is 0 Å². The summed E-state index contributed by atoms with van der Waals surface area (Å²) in [5.74, 6) is 0.0259. The number of nitrogens with zero attached hydrogens (tertiary/aromatic N) is 4. The zero-order valence-corrected chi connectivity index (χ0v) is 17.0. The lowest BCUT2D eigenvalue weighted by Crippen LogP contribution is -2.50. The molecule has 0 radical (unpaired) electrons. The molecule has 1 saturated heterocycles. The standard InChI is InChI=1S/C21H22N4O2S/c1-13-4-7-19(28-13)21(27)25-10-8-24(9-11-25)20(26)16-5-6-17-18(12-16)23-15(3)14(2)22-17/h4-7,12H,8-11H2,1-3H3. The molecule has 3 heterocycles. The van der Waals surface area contributed by atoms with Gasteiger partial charge in [-0.1, -0.05) is 0 Å². The number of aromatic nitrogens is 2. The van der Waals surface area contributed by atoms with E-state index < -0.39 is 0 Å². The normalized spacial score (nSPS) is 14.5. The summed E-state index contributed by atoms with van der Waals surface area (Å²) in [5.41, 5.74) is 3.90. The minimum Gasteiger partial charge on any atom is -0.335 e. The van der Waals surface area contributed by atoms with Crippen LogP contribution in [0.15, 0.2) is 30.3 Å². The second-order valence-corrected chi connectivity index (χ2v) is 8.38. The average Bonchev–Trinajstić information content (AvgIpc) is 3.14. The number of carbonyl (C=O) groups is 2. The van der Waals surface area contributed by atoms with Gasteiger partial charge in [0.05, 0.1) is 27.3 Å². The molecule has 0 N–H and O–H groups in total. The molecule has 1 fully saturated rings. The number of hydrogen-bond donors (Lipinski definition) is 0. The highest BCUT2D eigenvalue weighted by atomic mass is 32.1. The number of rotatable bonds is 2. The van der Waals surface area contributed by atoms with Gasteiger partial charge in [0.1, 0.15) is 0 Å². The Morgan fingerprint density at radius 2 is 1.43 bits per heavy atom. The lowest BCUT2D eigenvalue weighted by molar-refractivity contribution is 0.0538. The van der Waals surface area contributed by atoms with Crippen molar-refractivity contribution in [2.75, 3.05) is 26.2 Å². The number of benzene rings is 1. The van der Waals surface area contributed by atoms with Crippen molar-refractivity contribution in [2.45, 2.75) is 20.8 Å². The Morgan fingerprint density at radius 1 is 0.821 bits per heavy atom. The molecular weight excluding hydrogens is 372 g/mol. The molecule has 0 atom stereocenters. The topological polar surface area (TPSA) is 66.4 Å². The van der Waals surface area contributed by atoms with Crippen molar-refractivity contribution in [2.24, 2.45) is 0 Å². The molecular formula is C21H22N4O2S. The van der Waals surface area contributed by atoms with Crippen molar-refractivity contribution in [3.63, 3.8) is 0 Å². The Balaban J connectivity index is 1.46. The summed E-state index contributed by atoms with van der Waals surface area (Å²) in [4.78, 5) is 40.1. The number of hydrogen-bond acceptors (Lipinski definition) is 5. The van der Waals surface area contributed by atoms with Crippen molar-refractivity contribution in [3.05, 3.63) is 57.0 Å². The third-order valence-electron chi connectivity index (χ3n) is 5.13. The maximum Gasteiger partial charge on any atom is 0.264 e. The zero-order valence-electron chi connectivity index (χ0n) is 16.2. The predicted molar refractivity (Wildman–Crippen MR) is 110 cm³/mol. The van der Waals surface area contributed by atoms with Gasteiger partial charge in [0.15, 0.2) is 0 Å². The van der Waals surface area contributed by atoms with Crippen LogP contribution >= 0.6 is 11.3 Å². The Bertz CT molecular complexity index is 1070. The van der Waals surface area contributed by atoms with E-state index in [0.29, 0.717) is 31.7 Å². The summed E-state index contributed by atoms with van der Waals surface area (Å²) in [7, 11) is 0. The number of fused-ring (bicyclic) bond motifs is 1. The molecule has 1 aromatic carbocycles. The molecule has 0 spiro atoms. The Hall–Kier alpha value is -2.80. The van der Waals surface area contributed by atoms with Crippen LogP contribution in [0, 0.1) is 20.8 Å². The van der Waals surface area contributed by atoms with Crippen molar-refractivity contribution < 1.29 is 9.59 Å². The lowest BCUT2D eigenvalue weighted by Gasteiger charge is -2.34. The summed E-state index contributed by atoms with van der Waals surface area (Å²) in [5, 5.41) is 0. The second kappa shape index (κ2) is 7.31. The number of thiophene rings is 1. The fourth-order valence-electron chi connectivity index (χ4n) is 3.36. The third kappa shape index (κ3) is 3.49. The van der Waals surface area contributed by atoms with Crippen molar-refractivity contribution in [1.82, 2.24) is 19.8 Å². The molecule has 0 aliphatic carbocycles. The van der Waals surface area contributed by atoms with E-state index in [1.54, 1.807) is 11.0 Å². The van der Waals surface area contributed by atoms with Crippen LogP contribution in [-0.4, -0.2) is 57.8 Å². The number of amides is 2. The first-order valence-corrected chi connectivity index (χ1v) is 10.1. The van der Waals surface area contributed by atoms with E-state index in [9.17, 15) is 9.59 Å². The van der Waals surface area contributed by atoms with E-state index >= 15 is 0 Å². The van der Waals surface area contributed by atoms with Gasteiger partial charge in [-0.2, -0.15) is 0 Å². The van der Waals surface area contributed by atoms with E-state index in [2.05, 4.69) is 9.97 Å². The first kappa shape index (κ1) is 18.6. The highest BCUT2D eigenvalue weighted by Crippen LogP contribution is 2.20. The van der Waals surface area contributed by atoms with Gasteiger partial charge in [-0.05, 0) is 51.1 Å². The number of aryl methyl sites for hydroxylation is 3. The monoisotopic (exact) mass is 394 g/mol. The van der Waals surface area contributed by atoms with Crippen LogP contribution in [0.25, 0.3) is 11.0 Å². The van der Waals surface area contributed by atoms with Crippen molar-refractivity contribution in [3.8, 4) is 0 Å². The summed E-state index contributed by atoms with van der Waals surface area (Å²) in [6, 6.07) is 9.30. The molecule has 0 bridgehead atoms. The largest absolute Gasteiger partial charge is 0.335 e. The third-order valence-corrected chi connectivity index (χ3v) is 6.12. The van der Waals surface area contributed by atoms with Crippen LogP contribution < -0.4 is 0 Å². The minimum absolute atomic E-state index is 0.0269. The van der Waals surface area contributed by atoms with Gasteiger partial charge in [-0.15, -0.1) is 11.3 Å². The van der Waals surface area contributed by atoms with E-state index in [1.165, 1.54) is 11.3 Å². The molecule has 2 amide bonds. The fourth-order valence-corrected chi connectivity index (χ4v) is 4.20. The van der Waals surface area contributed by atoms with Gasteiger partial charge in [-0.3, -0.25) is 9.59 Å². The molecule has 0 unspecified atom stereocenters. The number of carbonyl (C=O) groups excluding carboxylic acids is 2. The van der Waals surface area contributed by atoms with Crippen molar-refractivity contribution in [1.29, 1.82) is 0 Å². The van der Waals surface area contributed by atoms with Gasteiger partial charge in [0.2, 0.25) is 0 Å². The smallest absolute Gasteiger partial charge is 0.264 e. The van der Waals surface area contributed by atoms with Crippen LogP contribution in [0.2, 0.25) is 0 Å². The first-order valence-electron chi connectivity index (χ1n) is 9.32. The van der Waals surface area contributed by atoms with Crippen LogP contribution in [-0.2, 0) is 0 Å². The van der Waals surface area contributed by atoms with Gasteiger partial charge in [-0.25, -0.2) is 9.97 Å². The predicted octanol–water partition coefficient (Wildman–Crippen LogP) is 3.21. The highest BCUT2D eigenvalue weighted by Gasteiger charge is 2.26. The summed E-state index contributed by atoms with van der Waals surface area (Å²) < 4.78 is 0. The molecule has 3 aromatic rings. The quantitative estimate of drug-likeness (QED) is 0.669. The molecule has 2 aromatic heterocycles. The fraction of sp³-hybridized carbons (Fsp3) is 0.333. The first-order chi connectivity index (χ1) is 13.4. The minimum atomic E-state index is -0.0269. The van der Waals surface area contributed by atoms with Crippen LogP contribution in [0.1, 0.15) is 36.3 Å². The van der Waals surface area contributed by atoms with E-state index in [-0.39, 0.29) is 11.8 Å². The maximum absolute atomic E-state index is 12.9. The average molecular weight is 395 g/mol. The molecule has 4 rings (SSSR count). The van der Waals surface area contributed by atoms with Gasteiger partial charge in [0.25, 0.3) is 11.8 Å². The molecule has 7 heteroatoms. The maximum atomic E-state index is 12.9. The van der Waals surface area contributed by atoms with Crippen molar-refractivity contribution >= 4 is 34.2 Å². The molecule has 28 heavy (non-hydrogen) atoms. The lowest BCUT2D eigenvalue weighted by atomic mass is 10.1. The highest BCUT2D eigenvalue weighted by molar-refractivity contribution is 7.13. The van der Waals surface area contributed by atoms with E-state index in [0.717, 1.165) is 32.2 Å². The summed E-state index contributed by atoms with van der Waals surface area (Å²) >= 11 is 1.51. The Labute approximate surface area is 167 Å². The van der Waals surface area contributed by atoms with Gasteiger partial charge in [0, 0.05) is 36.6 Å². The van der Waals surface area contributed by atoms with Gasteiger partial charge >= 0.3 is 0 Å². The molecule has 1 aliphatic heterocycles. The van der Waals surface area contributed by atoms with E-state index in [4.69, 9.17) is 0 Å². The zero-order chi connectivity index (χ0) is 19.8. The molecule has 144 valence electrons. The summed E-state index contributed by atoms with van der Waals surface area (Å²) in [6.07, 6.45) is 0. The molecule has 6 nitrogen and oxygen atoms in total. The molecule has 0 saturated carbocycles. The Kier molecular flexibility index (Phi) is 4.85.